The molecule has 15 heavy (non-hydrogen) atoms. The Morgan fingerprint density at radius 1 is 1.47 bits per heavy atom. The highest BCUT2D eigenvalue weighted by Gasteiger charge is 2.15. The lowest BCUT2D eigenvalue weighted by atomic mass is 10.1. The van der Waals surface area contributed by atoms with Crippen LogP contribution < -0.4 is 5.19 Å². The molecule has 0 aliphatic carbocycles. The Morgan fingerprint density at radius 3 is 2.80 bits per heavy atom. The van der Waals surface area contributed by atoms with E-state index in [1.165, 1.54) is 5.19 Å². The first kappa shape index (κ1) is 12.2. The van der Waals surface area contributed by atoms with Crippen molar-refractivity contribution in [3.05, 3.63) is 36.4 Å². The van der Waals surface area contributed by atoms with Crippen LogP contribution in [0.3, 0.4) is 0 Å². The first-order chi connectivity index (χ1) is 7.07. The maximum Gasteiger partial charge on any atom is 0.269 e. The summed E-state index contributed by atoms with van der Waals surface area (Å²) in [5.41, 5.74) is 1.13. The number of rotatable bonds is 5. The van der Waals surface area contributed by atoms with Crippen LogP contribution in [0.1, 0.15) is 32.8 Å². The Kier molecular flexibility index (Phi) is 4.30. The van der Waals surface area contributed by atoms with Crippen molar-refractivity contribution >= 4 is 21.0 Å². The molecule has 2 heteroatoms. The topological polar surface area (TPSA) is 9.23 Å². The second-order valence-corrected chi connectivity index (χ2v) is 5.13. The van der Waals surface area contributed by atoms with Gasteiger partial charge in [-0.15, -0.1) is 0 Å². The molecule has 1 aromatic rings. The van der Waals surface area contributed by atoms with Gasteiger partial charge in [0.1, 0.15) is 0 Å². The first-order valence-corrected chi connectivity index (χ1v) is 6.15. The number of benzene rings is 1. The van der Waals surface area contributed by atoms with Gasteiger partial charge >= 0.3 is 0 Å². The summed E-state index contributed by atoms with van der Waals surface area (Å²) < 4.78 is 5.86. The van der Waals surface area contributed by atoms with Gasteiger partial charge in [-0.2, -0.15) is 0 Å². The standard InChI is InChI=1S/C13H18OSi/c1-5-11-8-7-9-12(10-11)15-14-13(3,4)6-2/h5,7-10H,1,6H2,2-4H3. The molecule has 0 heterocycles. The van der Waals surface area contributed by atoms with Crippen LogP contribution in [0.4, 0.5) is 0 Å². The van der Waals surface area contributed by atoms with Crippen LogP contribution in [0.15, 0.2) is 30.8 Å². The van der Waals surface area contributed by atoms with Gasteiger partial charge in [-0.1, -0.05) is 43.8 Å². The summed E-state index contributed by atoms with van der Waals surface area (Å²) in [6.07, 6.45) is 2.89. The highest BCUT2D eigenvalue weighted by Crippen LogP contribution is 2.12. The minimum atomic E-state index is -0.0252. The predicted molar refractivity (Wildman–Crippen MR) is 67.4 cm³/mol. The lowest BCUT2D eigenvalue weighted by molar-refractivity contribution is 0.114. The van der Waals surface area contributed by atoms with E-state index in [9.17, 15) is 0 Å². The summed E-state index contributed by atoms with van der Waals surface area (Å²) >= 11 is 0. The largest absolute Gasteiger partial charge is 0.407 e. The molecular formula is C13H18OSi. The molecule has 0 saturated carbocycles. The first-order valence-electron chi connectivity index (χ1n) is 5.24. The van der Waals surface area contributed by atoms with E-state index in [4.69, 9.17) is 4.43 Å². The van der Waals surface area contributed by atoms with E-state index < -0.39 is 0 Å². The molecule has 0 aliphatic rings. The van der Waals surface area contributed by atoms with Gasteiger partial charge in [0.2, 0.25) is 0 Å². The monoisotopic (exact) mass is 218 g/mol. The summed E-state index contributed by atoms with van der Waals surface area (Å²) in [6.45, 7) is 10.1. The minimum absolute atomic E-state index is 0.0252. The van der Waals surface area contributed by atoms with Crippen molar-refractivity contribution in [3.8, 4) is 0 Å². The van der Waals surface area contributed by atoms with Gasteiger partial charge in [0.15, 0.2) is 0 Å². The van der Waals surface area contributed by atoms with Crippen LogP contribution in [0.25, 0.3) is 6.08 Å². The van der Waals surface area contributed by atoms with Crippen LogP contribution in [-0.4, -0.2) is 15.4 Å². The third-order valence-electron chi connectivity index (χ3n) is 2.42. The quantitative estimate of drug-likeness (QED) is 0.691. The molecule has 0 unspecified atom stereocenters. The zero-order valence-electron chi connectivity index (χ0n) is 9.71. The molecule has 0 N–H and O–H groups in total. The van der Waals surface area contributed by atoms with E-state index in [1.54, 1.807) is 0 Å². The third kappa shape index (κ3) is 4.02. The zero-order chi connectivity index (χ0) is 11.3. The Morgan fingerprint density at radius 2 is 2.20 bits per heavy atom. The van der Waals surface area contributed by atoms with Crippen LogP contribution in [0, 0.1) is 0 Å². The summed E-state index contributed by atoms with van der Waals surface area (Å²) in [5.74, 6) is 0. The van der Waals surface area contributed by atoms with Crippen molar-refractivity contribution in [3.63, 3.8) is 0 Å². The highest BCUT2D eigenvalue weighted by atomic mass is 28.2. The fraction of sp³-hybridized carbons (Fsp3) is 0.385. The molecule has 0 fully saturated rings. The molecule has 1 aromatic carbocycles. The molecule has 0 spiro atoms. The second kappa shape index (κ2) is 5.28. The van der Waals surface area contributed by atoms with Crippen LogP contribution in [0.2, 0.25) is 0 Å². The lowest BCUT2D eigenvalue weighted by Crippen LogP contribution is -2.30. The van der Waals surface area contributed by atoms with Crippen molar-refractivity contribution in [2.45, 2.75) is 32.8 Å². The van der Waals surface area contributed by atoms with E-state index in [1.807, 2.05) is 18.2 Å². The number of hydrogen-bond acceptors (Lipinski definition) is 1. The molecule has 2 radical (unpaired) electrons. The molecule has 0 atom stereocenters. The average molecular weight is 218 g/mol. The molecule has 0 aromatic heterocycles. The Balaban J connectivity index is 2.61. The maximum absolute atomic E-state index is 5.86. The molecular weight excluding hydrogens is 200 g/mol. The van der Waals surface area contributed by atoms with Gasteiger partial charge in [-0.05, 0) is 31.0 Å². The van der Waals surface area contributed by atoms with Crippen LogP contribution >= 0.6 is 0 Å². The van der Waals surface area contributed by atoms with Gasteiger partial charge in [-0.3, -0.25) is 0 Å². The lowest BCUT2D eigenvalue weighted by Gasteiger charge is -2.23. The number of hydrogen-bond donors (Lipinski definition) is 0. The van der Waals surface area contributed by atoms with Gasteiger partial charge in [0, 0.05) is 0 Å². The summed E-state index contributed by atoms with van der Waals surface area (Å²) in [7, 11) is 0.414. The zero-order valence-corrected chi connectivity index (χ0v) is 10.7. The van der Waals surface area contributed by atoms with Crippen molar-refractivity contribution < 1.29 is 4.43 Å². The third-order valence-corrected chi connectivity index (χ3v) is 3.62. The minimum Gasteiger partial charge on any atom is -0.407 e. The molecule has 1 nitrogen and oxygen atoms in total. The highest BCUT2D eigenvalue weighted by molar-refractivity contribution is 6.47. The molecule has 0 saturated heterocycles. The van der Waals surface area contributed by atoms with Gasteiger partial charge in [-0.25, -0.2) is 0 Å². The summed E-state index contributed by atoms with van der Waals surface area (Å²) in [6, 6.07) is 8.31. The predicted octanol–water partition coefficient (Wildman–Crippen LogP) is 2.78. The van der Waals surface area contributed by atoms with Crippen molar-refractivity contribution in [1.29, 1.82) is 0 Å². The maximum atomic E-state index is 5.86. The van der Waals surface area contributed by atoms with E-state index in [0.29, 0.717) is 9.76 Å². The van der Waals surface area contributed by atoms with Crippen molar-refractivity contribution in [2.24, 2.45) is 0 Å². The Labute approximate surface area is 95.1 Å². The van der Waals surface area contributed by atoms with Crippen molar-refractivity contribution in [2.75, 3.05) is 0 Å². The normalized spacial score (nSPS) is 11.4. The fourth-order valence-electron chi connectivity index (χ4n) is 0.998. The average Bonchev–Trinajstić information content (AvgIpc) is 2.27. The SMILES string of the molecule is C=Cc1cccc([Si]OC(C)(C)CC)c1. The van der Waals surface area contributed by atoms with Crippen LogP contribution in [0.5, 0.6) is 0 Å². The van der Waals surface area contributed by atoms with Gasteiger partial charge in [0.25, 0.3) is 9.76 Å². The molecule has 1 rings (SSSR count). The van der Waals surface area contributed by atoms with E-state index in [0.717, 1.165) is 12.0 Å². The summed E-state index contributed by atoms with van der Waals surface area (Å²) in [5, 5.41) is 1.23. The van der Waals surface area contributed by atoms with E-state index in [-0.39, 0.29) is 5.60 Å². The Hall–Kier alpha value is -0.863. The molecule has 80 valence electrons. The second-order valence-electron chi connectivity index (χ2n) is 4.15. The summed E-state index contributed by atoms with van der Waals surface area (Å²) in [4.78, 5) is 0. The van der Waals surface area contributed by atoms with Crippen LogP contribution in [-0.2, 0) is 4.43 Å². The smallest absolute Gasteiger partial charge is 0.269 e. The molecule has 0 aliphatic heterocycles. The molecule has 0 amide bonds. The fourth-order valence-corrected chi connectivity index (χ4v) is 1.93. The van der Waals surface area contributed by atoms with Crippen molar-refractivity contribution in [1.82, 2.24) is 0 Å². The van der Waals surface area contributed by atoms with Gasteiger partial charge < -0.3 is 4.43 Å². The van der Waals surface area contributed by atoms with Gasteiger partial charge in [0.05, 0.1) is 5.60 Å². The van der Waals surface area contributed by atoms with E-state index in [2.05, 4.69) is 39.5 Å². The molecule has 0 bridgehead atoms. The van der Waals surface area contributed by atoms with E-state index >= 15 is 0 Å². The Bertz CT molecular complexity index is 331.